The topological polar surface area (TPSA) is 75.5 Å². The van der Waals surface area contributed by atoms with Gasteiger partial charge in [0, 0.05) is 5.75 Å². The van der Waals surface area contributed by atoms with E-state index in [0.717, 1.165) is 22.9 Å². The van der Waals surface area contributed by atoms with Crippen LogP contribution >= 0.6 is 23.1 Å². The van der Waals surface area contributed by atoms with Crippen LogP contribution in [-0.4, -0.2) is 26.6 Å². The summed E-state index contributed by atoms with van der Waals surface area (Å²) in [6.45, 7) is 0.450. The number of hydrogen-bond acceptors (Lipinski definition) is 7. The number of alkyl halides is 3. The van der Waals surface area contributed by atoms with E-state index in [2.05, 4.69) is 10.2 Å². The highest BCUT2D eigenvalue weighted by Gasteiger charge is 2.57. The average Bonchev–Trinajstić information content (AvgIpc) is 3.15. The van der Waals surface area contributed by atoms with Crippen molar-refractivity contribution in [2.24, 2.45) is 0 Å². The van der Waals surface area contributed by atoms with Gasteiger partial charge in [-0.3, -0.25) is 0 Å². The summed E-state index contributed by atoms with van der Waals surface area (Å²) in [6, 6.07) is 17.0. The number of ether oxygens (including phenoxy) is 1. The van der Waals surface area contributed by atoms with E-state index in [9.17, 15) is 23.4 Å². The zero-order valence-electron chi connectivity index (χ0n) is 14.3. The SMILES string of the molecule is OC(O)(c1nnc(SCc2ccc(OCc3ccccc3)cc2)s1)C(F)(F)F. The van der Waals surface area contributed by atoms with Crippen molar-refractivity contribution in [2.75, 3.05) is 0 Å². The zero-order valence-corrected chi connectivity index (χ0v) is 15.9. The van der Waals surface area contributed by atoms with E-state index in [1.165, 1.54) is 0 Å². The maximum Gasteiger partial charge on any atom is 0.450 e. The molecule has 0 bridgehead atoms. The van der Waals surface area contributed by atoms with Crippen LogP contribution in [0.4, 0.5) is 13.2 Å². The van der Waals surface area contributed by atoms with E-state index in [-0.39, 0.29) is 4.34 Å². The summed E-state index contributed by atoms with van der Waals surface area (Å²) >= 11 is 1.64. The number of aromatic nitrogens is 2. The Labute approximate surface area is 166 Å². The third-order valence-electron chi connectivity index (χ3n) is 3.63. The number of rotatable bonds is 7. The standard InChI is InChI=1S/C18H15F3N2O3S2/c19-18(20,21)17(24,25)15-22-23-16(28-15)27-11-13-6-8-14(9-7-13)26-10-12-4-2-1-3-5-12/h1-9,24-25H,10-11H2. The van der Waals surface area contributed by atoms with Crippen molar-refractivity contribution in [2.45, 2.75) is 28.7 Å². The molecule has 3 aromatic rings. The van der Waals surface area contributed by atoms with E-state index in [0.29, 0.717) is 29.4 Å². The minimum Gasteiger partial charge on any atom is -0.489 e. The number of nitrogens with zero attached hydrogens (tertiary/aromatic N) is 2. The lowest BCUT2D eigenvalue weighted by Crippen LogP contribution is -2.41. The molecule has 1 heterocycles. The van der Waals surface area contributed by atoms with Crippen LogP contribution in [0.25, 0.3) is 0 Å². The Morgan fingerprint density at radius 2 is 1.61 bits per heavy atom. The van der Waals surface area contributed by atoms with E-state index in [4.69, 9.17) is 4.74 Å². The monoisotopic (exact) mass is 428 g/mol. The van der Waals surface area contributed by atoms with Gasteiger partial charge in [0.1, 0.15) is 12.4 Å². The second kappa shape index (κ2) is 8.48. The van der Waals surface area contributed by atoms with Crippen LogP contribution in [0.5, 0.6) is 5.75 Å². The number of halogens is 3. The zero-order chi connectivity index (χ0) is 20.2. The van der Waals surface area contributed by atoms with Crippen LogP contribution < -0.4 is 4.74 Å². The number of hydrogen-bond donors (Lipinski definition) is 2. The Morgan fingerprint density at radius 3 is 2.25 bits per heavy atom. The molecule has 0 spiro atoms. The van der Waals surface area contributed by atoms with Crippen LogP contribution in [0, 0.1) is 0 Å². The van der Waals surface area contributed by atoms with Gasteiger partial charge in [0.05, 0.1) is 0 Å². The molecule has 2 aromatic carbocycles. The Kier molecular flexibility index (Phi) is 6.23. The molecule has 10 heteroatoms. The van der Waals surface area contributed by atoms with Crippen LogP contribution in [-0.2, 0) is 18.1 Å². The maximum atomic E-state index is 12.6. The molecule has 0 aliphatic heterocycles. The Hall–Kier alpha value is -2.14. The molecule has 0 atom stereocenters. The molecule has 0 unspecified atom stereocenters. The van der Waals surface area contributed by atoms with Gasteiger partial charge >= 0.3 is 12.0 Å². The van der Waals surface area contributed by atoms with Gasteiger partial charge in [-0.2, -0.15) is 13.2 Å². The summed E-state index contributed by atoms with van der Waals surface area (Å²) in [5.74, 6) is -2.86. The molecule has 0 radical (unpaired) electrons. The summed E-state index contributed by atoms with van der Waals surface area (Å²) < 4.78 is 43.7. The van der Waals surface area contributed by atoms with Crippen LogP contribution in [0.1, 0.15) is 16.1 Å². The lowest BCUT2D eigenvalue weighted by Gasteiger charge is -2.20. The van der Waals surface area contributed by atoms with Crippen LogP contribution in [0.2, 0.25) is 0 Å². The molecule has 28 heavy (non-hydrogen) atoms. The molecule has 148 valence electrons. The summed E-state index contributed by atoms with van der Waals surface area (Å²) in [5.41, 5.74) is 1.96. The predicted molar refractivity (Wildman–Crippen MR) is 98.9 cm³/mol. The van der Waals surface area contributed by atoms with E-state index in [1.54, 1.807) is 12.1 Å². The fourth-order valence-electron chi connectivity index (χ4n) is 2.10. The van der Waals surface area contributed by atoms with Gasteiger partial charge in [0.2, 0.25) is 0 Å². The van der Waals surface area contributed by atoms with E-state index >= 15 is 0 Å². The molecule has 0 aliphatic rings. The number of aliphatic hydroxyl groups is 2. The van der Waals surface area contributed by atoms with Crippen molar-refractivity contribution in [1.82, 2.24) is 10.2 Å². The first-order chi connectivity index (χ1) is 13.3. The Bertz CT molecular complexity index is 900. The van der Waals surface area contributed by atoms with Gasteiger partial charge in [-0.15, -0.1) is 10.2 Å². The number of thioether (sulfide) groups is 1. The lowest BCUT2D eigenvalue weighted by atomic mass is 10.2. The Balaban J connectivity index is 1.54. The Morgan fingerprint density at radius 1 is 0.929 bits per heavy atom. The van der Waals surface area contributed by atoms with Crippen molar-refractivity contribution in [3.63, 3.8) is 0 Å². The van der Waals surface area contributed by atoms with Crippen molar-refractivity contribution in [3.8, 4) is 5.75 Å². The van der Waals surface area contributed by atoms with Crippen molar-refractivity contribution < 1.29 is 28.1 Å². The highest BCUT2D eigenvalue weighted by molar-refractivity contribution is 8.00. The first kappa shape index (κ1) is 20.6. The van der Waals surface area contributed by atoms with E-state index < -0.39 is 17.0 Å². The van der Waals surface area contributed by atoms with Gasteiger partial charge in [0.15, 0.2) is 9.35 Å². The summed E-state index contributed by atoms with van der Waals surface area (Å²) in [6.07, 6.45) is -5.25. The largest absolute Gasteiger partial charge is 0.489 e. The molecule has 0 amide bonds. The highest BCUT2D eigenvalue weighted by atomic mass is 32.2. The summed E-state index contributed by atoms with van der Waals surface area (Å²) in [7, 11) is 0. The molecule has 3 rings (SSSR count). The second-order valence-corrected chi connectivity index (χ2v) is 7.95. The van der Waals surface area contributed by atoms with Gasteiger partial charge in [-0.05, 0) is 23.3 Å². The van der Waals surface area contributed by atoms with Gasteiger partial charge in [-0.1, -0.05) is 65.6 Å². The molecule has 1 aromatic heterocycles. The summed E-state index contributed by atoms with van der Waals surface area (Å²) in [5, 5.41) is 24.3. The lowest BCUT2D eigenvalue weighted by molar-refractivity contribution is -0.358. The quantitative estimate of drug-likeness (QED) is 0.436. The predicted octanol–water partition coefficient (Wildman–Crippen LogP) is 4.11. The molecule has 0 saturated heterocycles. The molecule has 0 aliphatic carbocycles. The fraction of sp³-hybridized carbons (Fsp3) is 0.222. The highest BCUT2D eigenvalue weighted by Crippen LogP contribution is 2.39. The molecule has 0 fully saturated rings. The average molecular weight is 428 g/mol. The van der Waals surface area contributed by atoms with Crippen molar-refractivity contribution in [3.05, 3.63) is 70.7 Å². The van der Waals surface area contributed by atoms with E-state index in [1.807, 2.05) is 42.5 Å². The number of benzene rings is 2. The van der Waals surface area contributed by atoms with Gasteiger partial charge in [-0.25, -0.2) is 0 Å². The van der Waals surface area contributed by atoms with Gasteiger partial charge in [0.25, 0.3) is 0 Å². The van der Waals surface area contributed by atoms with Crippen molar-refractivity contribution in [1.29, 1.82) is 0 Å². The maximum absolute atomic E-state index is 12.6. The van der Waals surface area contributed by atoms with Gasteiger partial charge < -0.3 is 14.9 Å². The van der Waals surface area contributed by atoms with Crippen LogP contribution in [0.3, 0.4) is 0 Å². The summed E-state index contributed by atoms with van der Waals surface area (Å²) in [4.78, 5) is 0. The first-order valence-electron chi connectivity index (χ1n) is 7.99. The third kappa shape index (κ3) is 5.02. The smallest absolute Gasteiger partial charge is 0.450 e. The second-order valence-electron chi connectivity index (χ2n) is 5.75. The minimum absolute atomic E-state index is 0.205. The fourth-order valence-corrected chi connectivity index (χ4v) is 3.92. The van der Waals surface area contributed by atoms with Crippen molar-refractivity contribution >= 4 is 23.1 Å². The van der Waals surface area contributed by atoms with Crippen LogP contribution in [0.15, 0.2) is 58.9 Å². The molecule has 5 nitrogen and oxygen atoms in total. The third-order valence-corrected chi connectivity index (χ3v) is 5.86. The molecular weight excluding hydrogens is 413 g/mol. The first-order valence-corrected chi connectivity index (χ1v) is 9.80. The molecular formula is C18H15F3N2O3S2. The minimum atomic E-state index is -5.25. The molecule has 0 saturated carbocycles. The normalized spacial score (nSPS) is 12.2. The molecule has 2 N–H and O–H groups in total.